The van der Waals surface area contributed by atoms with E-state index in [2.05, 4.69) is 18.6 Å². The molecule has 0 N–H and O–H groups in total. The van der Waals surface area contributed by atoms with Crippen molar-refractivity contribution in [3.8, 4) is 0 Å². The van der Waals surface area contributed by atoms with Crippen LogP contribution in [0.5, 0.6) is 0 Å². The average Bonchev–Trinajstić information content (AvgIpc) is 2.62. The number of halogens is 3. The molecule has 1 aromatic carbocycles. The van der Waals surface area contributed by atoms with Crippen LogP contribution in [0.4, 0.5) is 13.2 Å². The minimum Gasteiger partial charge on any atom is -0.466 e. The van der Waals surface area contributed by atoms with Crippen molar-refractivity contribution < 1.29 is 22.7 Å². The van der Waals surface area contributed by atoms with E-state index in [9.17, 15) is 18.0 Å². The lowest BCUT2D eigenvalue weighted by molar-refractivity contribution is -0.137. The summed E-state index contributed by atoms with van der Waals surface area (Å²) in [4.78, 5) is 11.5. The summed E-state index contributed by atoms with van der Waals surface area (Å²) in [6.07, 6.45) is 4.13. The Labute approximate surface area is 153 Å². The zero-order chi connectivity index (χ0) is 19.6. The van der Waals surface area contributed by atoms with Crippen molar-refractivity contribution >= 4 is 11.5 Å². The third kappa shape index (κ3) is 7.06. The molecule has 0 aromatic heterocycles. The molecule has 0 saturated heterocycles. The van der Waals surface area contributed by atoms with Gasteiger partial charge in [-0.2, -0.15) is 13.2 Å². The summed E-state index contributed by atoms with van der Waals surface area (Å²) in [5.41, 5.74) is 2.09. The van der Waals surface area contributed by atoms with Crippen molar-refractivity contribution in [2.45, 2.75) is 58.5 Å². The molecule has 0 atom stereocenters. The van der Waals surface area contributed by atoms with Crippen molar-refractivity contribution in [1.82, 2.24) is 0 Å². The van der Waals surface area contributed by atoms with Gasteiger partial charge < -0.3 is 4.74 Å². The Morgan fingerprint density at radius 3 is 2.08 bits per heavy atom. The highest BCUT2D eigenvalue weighted by atomic mass is 19.4. The predicted molar refractivity (Wildman–Crippen MR) is 98.6 cm³/mol. The van der Waals surface area contributed by atoms with Crippen LogP contribution in [0, 0.1) is 0 Å². The van der Waals surface area contributed by atoms with Gasteiger partial charge in [0.15, 0.2) is 0 Å². The van der Waals surface area contributed by atoms with Crippen LogP contribution in [0.25, 0.3) is 5.57 Å². The van der Waals surface area contributed by atoms with Crippen LogP contribution in [-0.4, -0.2) is 13.1 Å². The molecule has 0 fully saturated rings. The van der Waals surface area contributed by atoms with Crippen molar-refractivity contribution in [3.63, 3.8) is 0 Å². The van der Waals surface area contributed by atoms with E-state index in [-0.39, 0.29) is 0 Å². The van der Waals surface area contributed by atoms with E-state index in [0.717, 1.165) is 67.4 Å². The minimum absolute atomic E-state index is 0.443. The Morgan fingerprint density at radius 1 is 1.00 bits per heavy atom. The van der Waals surface area contributed by atoms with Crippen LogP contribution in [-0.2, 0) is 15.7 Å². The second-order valence-corrected chi connectivity index (χ2v) is 6.14. The lowest BCUT2D eigenvalue weighted by atomic mass is 9.91. The highest BCUT2D eigenvalue weighted by Gasteiger charge is 2.30. The lowest BCUT2D eigenvalue weighted by Crippen LogP contribution is -2.04. The summed E-state index contributed by atoms with van der Waals surface area (Å²) in [7, 11) is 1.32. The molecular formula is C21H27F3O2. The first kappa shape index (κ1) is 22.0. The Kier molecular flexibility index (Phi) is 9.17. The van der Waals surface area contributed by atoms with Gasteiger partial charge in [0, 0.05) is 6.08 Å². The maximum absolute atomic E-state index is 12.8. The maximum Gasteiger partial charge on any atom is 0.416 e. The van der Waals surface area contributed by atoms with E-state index in [1.54, 1.807) is 6.08 Å². The van der Waals surface area contributed by atoms with E-state index >= 15 is 0 Å². The summed E-state index contributed by atoms with van der Waals surface area (Å²) >= 11 is 0. The quantitative estimate of drug-likeness (QED) is 0.280. The van der Waals surface area contributed by atoms with E-state index in [4.69, 9.17) is 0 Å². The van der Waals surface area contributed by atoms with Gasteiger partial charge in [-0.15, -0.1) is 0 Å². The molecule has 0 aliphatic carbocycles. The number of methoxy groups -OCH3 is 1. The fraction of sp³-hybridized carbons (Fsp3) is 0.476. The zero-order valence-corrected chi connectivity index (χ0v) is 15.7. The molecule has 0 bridgehead atoms. The number of rotatable bonds is 9. The summed E-state index contributed by atoms with van der Waals surface area (Å²) < 4.78 is 43.1. The number of hydrogen-bond donors (Lipinski definition) is 0. The Balaban J connectivity index is 3.32. The van der Waals surface area contributed by atoms with Crippen molar-refractivity contribution in [2.75, 3.05) is 7.11 Å². The molecule has 0 unspecified atom stereocenters. The molecule has 0 saturated carbocycles. The molecule has 2 nitrogen and oxygen atoms in total. The Morgan fingerprint density at radius 2 is 1.58 bits per heavy atom. The van der Waals surface area contributed by atoms with Crippen molar-refractivity contribution in [1.29, 1.82) is 0 Å². The Bertz CT molecular complexity index is 626. The van der Waals surface area contributed by atoms with Gasteiger partial charge in [-0.3, -0.25) is 0 Å². The van der Waals surface area contributed by atoms with E-state index in [0.29, 0.717) is 0 Å². The van der Waals surface area contributed by atoms with Crippen LogP contribution >= 0.6 is 0 Å². The van der Waals surface area contributed by atoms with Crippen molar-refractivity contribution in [3.05, 3.63) is 53.1 Å². The second-order valence-electron chi connectivity index (χ2n) is 6.14. The topological polar surface area (TPSA) is 26.3 Å². The molecule has 144 valence electrons. The number of ether oxygens (including phenoxy) is 1. The van der Waals surface area contributed by atoms with Crippen LogP contribution in [0.15, 0.2) is 42.0 Å². The Hall–Kier alpha value is -2.04. The van der Waals surface area contributed by atoms with Crippen LogP contribution in [0.1, 0.15) is 63.5 Å². The smallest absolute Gasteiger partial charge is 0.416 e. The molecule has 0 heterocycles. The molecule has 0 amide bonds. The first-order valence-corrected chi connectivity index (χ1v) is 8.99. The van der Waals surface area contributed by atoms with Gasteiger partial charge >= 0.3 is 12.1 Å². The molecule has 0 aliphatic rings. The third-order valence-corrected chi connectivity index (χ3v) is 4.15. The number of carbonyl (C=O) groups is 1. The van der Waals surface area contributed by atoms with Gasteiger partial charge in [-0.1, -0.05) is 44.9 Å². The molecule has 1 rings (SSSR count). The van der Waals surface area contributed by atoms with E-state index in [1.807, 2.05) is 0 Å². The molecule has 1 aromatic rings. The maximum atomic E-state index is 12.8. The van der Waals surface area contributed by atoms with Gasteiger partial charge in [-0.25, -0.2) is 4.79 Å². The van der Waals surface area contributed by atoms with Gasteiger partial charge in [0.25, 0.3) is 0 Å². The van der Waals surface area contributed by atoms with Gasteiger partial charge in [0.2, 0.25) is 0 Å². The summed E-state index contributed by atoms with van der Waals surface area (Å²) in [5, 5.41) is 0. The molecule has 5 heteroatoms. The first-order chi connectivity index (χ1) is 12.3. The molecule has 0 radical (unpaired) electrons. The number of carbonyl (C=O) groups excluding carboxylic acids is 1. The van der Waals surface area contributed by atoms with Crippen LogP contribution < -0.4 is 0 Å². The molecule has 26 heavy (non-hydrogen) atoms. The molecular weight excluding hydrogens is 341 g/mol. The van der Waals surface area contributed by atoms with Crippen LogP contribution in [0.3, 0.4) is 0 Å². The molecule has 0 aliphatic heterocycles. The SMILES string of the molecule is CCCCC(/C=C/C(=O)OC)=C(\CCCC)c1ccc(C(F)(F)F)cc1. The normalized spacial score (nSPS) is 13.0. The monoisotopic (exact) mass is 368 g/mol. The lowest BCUT2D eigenvalue weighted by Gasteiger charge is -2.15. The van der Waals surface area contributed by atoms with Gasteiger partial charge in [-0.05, 0) is 54.5 Å². The molecule has 0 spiro atoms. The van der Waals surface area contributed by atoms with E-state index < -0.39 is 17.7 Å². The largest absolute Gasteiger partial charge is 0.466 e. The van der Waals surface area contributed by atoms with E-state index in [1.165, 1.54) is 25.3 Å². The summed E-state index contributed by atoms with van der Waals surface area (Å²) in [6, 6.07) is 5.27. The third-order valence-electron chi connectivity index (χ3n) is 4.15. The standard InChI is InChI=1S/C21H27F3O2/c1-4-6-8-16(12-15-20(25)26-3)19(9-7-5-2)17-10-13-18(14-11-17)21(22,23)24/h10-15H,4-9H2,1-3H3/b15-12+,19-16-. The number of esters is 1. The van der Waals surface area contributed by atoms with Crippen molar-refractivity contribution in [2.24, 2.45) is 0 Å². The fourth-order valence-electron chi connectivity index (χ4n) is 2.64. The summed E-state index contributed by atoms with van der Waals surface area (Å²) in [5.74, 6) is -0.443. The number of allylic oxidation sites excluding steroid dienone is 3. The number of alkyl halides is 3. The number of hydrogen-bond acceptors (Lipinski definition) is 2. The highest BCUT2D eigenvalue weighted by Crippen LogP contribution is 2.33. The van der Waals surface area contributed by atoms with Gasteiger partial charge in [0.05, 0.1) is 12.7 Å². The zero-order valence-electron chi connectivity index (χ0n) is 15.7. The van der Waals surface area contributed by atoms with Crippen LogP contribution in [0.2, 0.25) is 0 Å². The fourth-order valence-corrected chi connectivity index (χ4v) is 2.64. The number of unbranched alkanes of at least 4 members (excludes halogenated alkanes) is 2. The minimum atomic E-state index is -4.35. The predicted octanol–water partition coefficient (Wildman–Crippen LogP) is 6.57. The average molecular weight is 368 g/mol. The first-order valence-electron chi connectivity index (χ1n) is 8.99. The summed E-state index contributed by atoms with van der Waals surface area (Å²) in [6.45, 7) is 4.14. The number of benzene rings is 1. The highest BCUT2D eigenvalue weighted by molar-refractivity contribution is 5.83. The van der Waals surface area contributed by atoms with Gasteiger partial charge in [0.1, 0.15) is 0 Å². The second kappa shape index (κ2) is 10.8.